The van der Waals surface area contributed by atoms with Gasteiger partial charge in [-0.15, -0.1) is 0 Å². The highest BCUT2D eigenvalue weighted by atomic mass is 16.4. The molecule has 0 radical (unpaired) electrons. The van der Waals surface area contributed by atoms with Gasteiger partial charge in [-0.1, -0.05) is 6.07 Å². The molecule has 0 aliphatic heterocycles. The third kappa shape index (κ3) is 3.20. The fourth-order valence-electron chi connectivity index (χ4n) is 1.81. The summed E-state index contributed by atoms with van der Waals surface area (Å²) < 4.78 is 5.16. The molecule has 0 saturated heterocycles. The molecule has 0 saturated carbocycles. The summed E-state index contributed by atoms with van der Waals surface area (Å²) in [6.07, 6.45) is 3.54. The largest absolute Gasteiger partial charge is 0.475 e. The molecule has 0 spiro atoms. The van der Waals surface area contributed by atoms with Crippen molar-refractivity contribution in [2.75, 3.05) is 0 Å². The lowest BCUT2D eigenvalue weighted by Crippen LogP contribution is -2.18. The van der Waals surface area contributed by atoms with E-state index in [2.05, 4.69) is 10.3 Å². The first-order chi connectivity index (χ1) is 9.08. The van der Waals surface area contributed by atoms with Crippen LogP contribution in [0.15, 0.2) is 35.0 Å². The van der Waals surface area contributed by atoms with Crippen LogP contribution in [0.4, 0.5) is 0 Å². The molecular formula is C14H16N2O3. The molecule has 1 unspecified atom stereocenters. The molecule has 2 N–H and O–H groups in total. The van der Waals surface area contributed by atoms with Crippen molar-refractivity contribution in [2.45, 2.75) is 26.4 Å². The summed E-state index contributed by atoms with van der Waals surface area (Å²) in [7, 11) is 0. The molecule has 2 aromatic rings. The van der Waals surface area contributed by atoms with Crippen molar-refractivity contribution in [2.24, 2.45) is 0 Å². The van der Waals surface area contributed by atoms with Gasteiger partial charge >= 0.3 is 5.97 Å². The first-order valence-corrected chi connectivity index (χ1v) is 6.04. The van der Waals surface area contributed by atoms with E-state index in [1.807, 2.05) is 25.3 Å². The summed E-state index contributed by atoms with van der Waals surface area (Å²) in [6.45, 7) is 4.35. The Labute approximate surface area is 111 Å². The van der Waals surface area contributed by atoms with E-state index in [-0.39, 0.29) is 11.8 Å². The molecule has 0 fully saturated rings. The predicted octanol–water partition coefficient (Wildman–Crippen LogP) is 2.53. The van der Waals surface area contributed by atoms with Crippen molar-refractivity contribution >= 4 is 5.97 Å². The van der Waals surface area contributed by atoms with E-state index in [4.69, 9.17) is 9.52 Å². The van der Waals surface area contributed by atoms with Crippen LogP contribution in [0, 0.1) is 6.92 Å². The molecule has 5 nitrogen and oxygen atoms in total. The SMILES string of the molecule is Cc1oc(C(=O)O)cc1CNC(C)c1cccnc1. The van der Waals surface area contributed by atoms with E-state index in [0.29, 0.717) is 12.3 Å². The van der Waals surface area contributed by atoms with Crippen LogP contribution in [0.25, 0.3) is 0 Å². The topological polar surface area (TPSA) is 75.4 Å². The number of aromatic carboxylic acids is 1. The molecule has 0 aliphatic rings. The normalized spacial score (nSPS) is 12.3. The van der Waals surface area contributed by atoms with Crippen LogP contribution in [-0.4, -0.2) is 16.1 Å². The second kappa shape index (κ2) is 5.67. The van der Waals surface area contributed by atoms with Gasteiger partial charge in [0.05, 0.1) is 0 Å². The van der Waals surface area contributed by atoms with Crippen LogP contribution < -0.4 is 5.32 Å². The zero-order valence-electron chi connectivity index (χ0n) is 10.9. The smallest absolute Gasteiger partial charge is 0.371 e. The third-order valence-electron chi connectivity index (χ3n) is 3.01. The second-order valence-electron chi connectivity index (χ2n) is 4.39. The zero-order valence-corrected chi connectivity index (χ0v) is 10.9. The lowest BCUT2D eigenvalue weighted by Gasteiger charge is -2.13. The maximum absolute atomic E-state index is 10.8. The summed E-state index contributed by atoms with van der Waals surface area (Å²) >= 11 is 0. The number of carboxylic acid groups (broad SMARTS) is 1. The molecule has 0 aliphatic carbocycles. The maximum Gasteiger partial charge on any atom is 0.371 e. The van der Waals surface area contributed by atoms with Gasteiger partial charge in [-0.05, 0) is 31.5 Å². The number of aromatic nitrogens is 1. The van der Waals surface area contributed by atoms with Crippen LogP contribution >= 0.6 is 0 Å². The highest BCUT2D eigenvalue weighted by molar-refractivity contribution is 5.84. The standard InChI is InChI=1S/C14H16N2O3/c1-9(11-4-3-5-15-7-11)16-8-12-6-13(14(17)18)19-10(12)2/h3-7,9,16H,8H2,1-2H3,(H,17,18). The van der Waals surface area contributed by atoms with E-state index in [1.165, 1.54) is 0 Å². The highest BCUT2D eigenvalue weighted by Gasteiger charge is 2.13. The fraction of sp³-hybridized carbons (Fsp3) is 0.286. The summed E-state index contributed by atoms with van der Waals surface area (Å²) in [6, 6.07) is 5.58. The molecule has 5 heteroatoms. The molecule has 0 bridgehead atoms. The number of carboxylic acids is 1. The Kier molecular flexibility index (Phi) is 3.97. The summed E-state index contributed by atoms with van der Waals surface area (Å²) in [5.74, 6) is -0.443. The second-order valence-corrected chi connectivity index (χ2v) is 4.39. The van der Waals surface area contributed by atoms with Crippen molar-refractivity contribution in [3.63, 3.8) is 0 Å². The Morgan fingerprint density at radius 1 is 1.58 bits per heavy atom. The molecule has 19 heavy (non-hydrogen) atoms. The van der Waals surface area contributed by atoms with Crippen molar-refractivity contribution in [3.8, 4) is 0 Å². The van der Waals surface area contributed by atoms with Gasteiger partial charge in [0, 0.05) is 30.5 Å². The van der Waals surface area contributed by atoms with Crippen LogP contribution in [-0.2, 0) is 6.54 Å². The molecule has 2 aromatic heterocycles. The first-order valence-electron chi connectivity index (χ1n) is 6.04. The lowest BCUT2D eigenvalue weighted by atomic mass is 10.1. The van der Waals surface area contributed by atoms with E-state index in [0.717, 1.165) is 11.1 Å². The minimum absolute atomic E-state index is 0.0247. The van der Waals surface area contributed by atoms with Gasteiger partial charge in [0.25, 0.3) is 0 Å². The minimum Gasteiger partial charge on any atom is -0.475 e. The van der Waals surface area contributed by atoms with Crippen molar-refractivity contribution < 1.29 is 14.3 Å². The van der Waals surface area contributed by atoms with Crippen LogP contribution in [0.5, 0.6) is 0 Å². The number of nitrogens with one attached hydrogen (secondary N) is 1. The number of furan rings is 1. The van der Waals surface area contributed by atoms with Crippen molar-refractivity contribution in [1.29, 1.82) is 0 Å². The van der Waals surface area contributed by atoms with Crippen molar-refractivity contribution in [3.05, 3.63) is 53.2 Å². The Bertz CT molecular complexity index is 563. The molecule has 2 rings (SSSR count). The van der Waals surface area contributed by atoms with Gasteiger partial charge in [0.15, 0.2) is 0 Å². The molecular weight excluding hydrogens is 244 g/mol. The predicted molar refractivity (Wildman–Crippen MR) is 69.9 cm³/mol. The van der Waals surface area contributed by atoms with E-state index >= 15 is 0 Å². The number of rotatable bonds is 5. The molecule has 100 valence electrons. The molecule has 0 aromatic carbocycles. The number of hydrogen-bond acceptors (Lipinski definition) is 4. The summed E-state index contributed by atoms with van der Waals surface area (Å²) in [5, 5.41) is 12.2. The monoisotopic (exact) mass is 260 g/mol. The number of hydrogen-bond donors (Lipinski definition) is 2. The van der Waals surface area contributed by atoms with Gasteiger partial charge < -0.3 is 14.8 Å². The Morgan fingerprint density at radius 2 is 2.37 bits per heavy atom. The van der Waals surface area contributed by atoms with Crippen LogP contribution in [0.3, 0.4) is 0 Å². The molecule has 0 amide bonds. The van der Waals surface area contributed by atoms with Gasteiger partial charge in [-0.25, -0.2) is 4.79 Å². The Hall–Kier alpha value is -2.14. The quantitative estimate of drug-likeness (QED) is 0.864. The number of pyridine rings is 1. The number of aryl methyl sites for hydroxylation is 1. The maximum atomic E-state index is 10.8. The van der Waals surface area contributed by atoms with Crippen LogP contribution in [0.2, 0.25) is 0 Å². The van der Waals surface area contributed by atoms with E-state index < -0.39 is 5.97 Å². The highest BCUT2D eigenvalue weighted by Crippen LogP contribution is 2.16. The minimum atomic E-state index is -1.05. The molecule has 1 atom stereocenters. The zero-order chi connectivity index (χ0) is 13.8. The Morgan fingerprint density at radius 3 is 2.95 bits per heavy atom. The number of nitrogens with zero attached hydrogens (tertiary/aromatic N) is 1. The van der Waals surface area contributed by atoms with Gasteiger partial charge in [0.1, 0.15) is 5.76 Å². The van der Waals surface area contributed by atoms with Crippen molar-refractivity contribution in [1.82, 2.24) is 10.3 Å². The van der Waals surface area contributed by atoms with E-state index in [1.54, 1.807) is 19.2 Å². The fourth-order valence-corrected chi connectivity index (χ4v) is 1.81. The van der Waals surface area contributed by atoms with Gasteiger partial charge in [-0.2, -0.15) is 0 Å². The Balaban J connectivity index is 2.01. The third-order valence-corrected chi connectivity index (χ3v) is 3.01. The van der Waals surface area contributed by atoms with Crippen LogP contribution in [0.1, 0.15) is 40.4 Å². The van der Waals surface area contributed by atoms with Gasteiger partial charge in [-0.3, -0.25) is 4.98 Å². The number of carbonyl (C=O) groups is 1. The summed E-state index contributed by atoms with van der Waals surface area (Å²) in [4.78, 5) is 14.9. The lowest BCUT2D eigenvalue weighted by molar-refractivity contribution is 0.0661. The summed E-state index contributed by atoms with van der Waals surface area (Å²) in [5.41, 5.74) is 1.94. The van der Waals surface area contributed by atoms with E-state index in [9.17, 15) is 4.79 Å². The average Bonchev–Trinajstić information content (AvgIpc) is 2.79. The first kappa shape index (κ1) is 13.3. The molecule has 2 heterocycles. The van der Waals surface area contributed by atoms with Gasteiger partial charge in [0.2, 0.25) is 5.76 Å². The average molecular weight is 260 g/mol.